The average Bonchev–Trinajstić information content (AvgIpc) is 3.16. The number of carbonyl (C=O) groups excluding carboxylic acids is 1. The van der Waals surface area contributed by atoms with Gasteiger partial charge in [0.05, 0.1) is 5.02 Å². The quantitative estimate of drug-likeness (QED) is 0.398. The van der Waals surface area contributed by atoms with Crippen LogP contribution < -0.4 is 10.1 Å². The van der Waals surface area contributed by atoms with Crippen molar-refractivity contribution in [2.45, 2.75) is 19.8 Å². The van der Waals surface area contributed by atoms with Crippen molar-refractivity contribution in [2.75, 3.05) is 11.9 Å². The summed E-state index contributed by atoms with van der Waals surface area (Å²) in [5.74, 6) is 1.19. The van der Waals surface area contributed by atoms with E-state index in [0.717, 1.165) is 5.56 Å². The van der Waals surface area contributed by atoms with Crippen LogP contribution in [0.1, 0.15) is 25.3 Å². The van der Waals surface area contributed by atoms with Crippen molar-refractivity contribution in [1.29, 1.82) is 0 Å². The van der Waals surface area contributed by atoms with Crippen LogP contribution in [0.15, 0.2) is 71.1 Å². The molecule has 0 saturated carbocycles. The number of oxazole rings is 1. The van der Waals surface area contributed by atoms with E-state index in [1.165, 1.54) is 5.56 Å². The van der Waals surface area contributed by atoms with Crippen molar-refractivity contribution >= 4 is 34.3 Å². The average molecular weight is 421 g/mol. The monoisotopic (exact) mass is 420 g/mol. The number of para-hydroxylation sites is 1. The summed E-state index contributed by atoms with van der Waals surface area (Å²) in [4.78, 5) is 16.8. The molecule has 152 valence electrons. The van der Waals surface area contributed by atoms with E-state index in [4.69, 9.17) is 20.8 Å². The highest BCUT2D eigenvalue weighted by molar-refractivity contribution is 6.32. The van der Waals surface area contributed by atoms with Crippen LogP contribution in [0.5, 0.6) is 5.75 Å². The molecular weight excluding hydrogens is 400 g/mol. The van der Waals surface area contributed by atoms with Gasteiger partial charge < -0.3 is 14.5 Å². The van der Waals surface area contributed by atoms with Crippen molar-refractivity contribution in [3.63, 3.8) is 0 Å². The van der Waals surface area contributed by atoms with E-state index in [-0.39, 0.29) is 12.5 Å². The lowest BCUT2D eigenvalue weighted by Crippen LogP contribution is -2.20. The van der Waals surface area contributed by atoms with Gasteiger partial charge in [-0.3, -0.25) is 4.79 Å². The molecule has 4 aromatic rings. The number of ether oxygens (including phenoxy) is 1. The normalized spacial score (nSPS) is 11.1. The summed E-state index contributed by atoms with van der Waals surface area (Å²) in [6.45, 7) is 4.17. The molecule has 0 fully saturated rings. The second-order valence-corrected chi connectivity index (χ2v) is 7.65. The number of fused-ring (bicyclic) bond motifs is 1. The highest BCUT2D eigenvalue weighted by Crippen LogP contribution is 2.28. The Hall–Kier alpha value is -3.31. The summed E-state index contributed by atoms with van der Waals surface area (Å²) < 4.78 is 11.3. The predicted molar refractivity (Wildman–Crippen MR) is 119 cm³/mol. The van der Waals surface area contributed by atoms with Gasteiger partial charge in [-0.1, -0.05) is 49.7 Å². The van der Waals surface area contributed by atoms with E-state index in [9.17, 15) is 4.79 Å². The maximum Gasteiger partial charge on any atom is 0.262 e. The molecule has 0 unspecified atom stereocenters. The molecule has 30 heavy (non-hydrogen) atoms. The number of hydrogen-bond donors (Lipinski definition) is 1. The number of nitrogens with one attached hydrogen (secondary N) is 1. The summed E-state index contributed by atoms with van der Waals surface area (Å²) in [6, 6.07) is 20.5. The fourth-order valence-electron chi connectivity index (χ4n) is 3.04. The molecule has 0 saturated heterocycles. The summed E-state index contributed by atoms with van der Waals surface area (Å²) in [5, 5.41) is 3.27. The smallest absolute Gasteiger partial charge is 0.262 e. The highest BCUT2D eigenvalue weighted by Gasteiger charge is 2.11. The van der Waals surface area contributed by atoms with E-state index in [2.05, 4.69) is 36.3 Å². The number of carbonyl (C=O) groups is 1. The zero-order chi connectivity index (χ0) is 21.1. The first kappa shape index (κ1) is 20.0. The molecule has 1 heterocycles. The van der Waals surface area contributed by atoms with Crippen molar-refractivity contribution in [3.8, 4) is 17.2 Å². The Bertz CT molecular complexity index is 1180. The van der Waals surface area contributed by atoms with Gasteiger partial charge in [-0.2, -0.15) is 0 Å². The van der Waals surface area contributed by atoms with Gasteiger partial charge in [0.25, 0.3) is 5.91 Å². The zero-order valence-electron chi connectivity index (χ0n) is 16.7. The van der Waals surface area contributed by atoms with Gasteiger partial charge >= 0.3 is 0 Å². The lowest BCUT2D eigenvalue weighted by Gasteiger charge is -2.08. The van der Waals surface area contributed by atoms with Crippen LogP contribution in [0.3, 0.4) is 0 Å². The van der Waals surface area contributed by atoms with E-state index < -0.39 is 0 Å². The number of benzene rings is 3. The molecule has 0 atom stereocenters. The standard InChI is InChI=1S/C24H21ClN2O3/c1-15(2)16-7-9-17(10-8-16)24-27-20-13-18(11-12-22(20)30-24)26-23(28)14-29-21-6-4-3-5-19(21)25/h3-13,15H,14H2,1-2H3,(H,26,28). The Morgan fingerprint density at radius 3 is 2.60 bits per heavy atom. The minimum absolute atomic E-state index is 0.145. The molecule has 6 heteroatoms. The van der Waals surface area contributed by atoms with Gasteiger partial charge in [0.2, 0.25) is 5.89 Å². The minimum Gasteiger partial charge on any atom is -0.482 e. The molecule has 1 aromatic heterocycles. The van der Waals surface area contributed by atoms with Crippen molar-refractivity contribution in [1.82, 2.24) is 4.98 Å². The number of halogens is 1. The van der Waals surface area contributed by atoms with Crippen LogP contribution >= 0.6 is 11.6 Å². The Morgan fingerprint density at radius 1 is 1.10 bits per heavy atom. The first-order valence-corrected chi connectivity index (χ1v) is 10.1. The molecule has 0 aliphatic rings. The van der Waals surface area contributed by atoms with Crippen LogP contribution in [0.4, 0.5) is 5.69 Å². The second kappa shape index (κ2) is 8.59. The molecule has 5 nitrogen and oxygen atoms in total. The predicted octanol–water partition coefficient (Wildman–Crippen LogP) is 6.29. The summed E-state index contributed by atoms with van der Waals surface area (Å²) in [6.07, 6.45) is 0. The number of anilines is 1. The van der Waals surface area contributed by atoms with Crippen molar-refractivity contribution < 1.29 is 13.9 Å². The van der Waals surface area contributed by atoms with Crippen molar-refractivity contribution in [3.05, 3.63) is 77.3 Å². The first-order valence-electron chi connectivity index (χ1n) is 9.68. The molecule has 3 aromatic carbocycles. The SMILES string of the molecule is CC(C)c1ccc(-c2nc3cc(NC(=O)COc4ccccc4Cl)ccc3o2)cc1. The summed E-state index contributed by atoms with van der Waals surface area (Å²) >= 11 is 6.03. The van der Waals surface area contributed by atoms with Gasteiger partial charge in [0, 0.05) is 11.3 Å². The Balaban J connectivity index is 1.45. The molecule has 0 aliphatic heterocycles. The third-order valence-corrected chi connectivity index (χ3v) is 5.00. The van der Waals surface area contributed by atoms with E-state index in [1.54, 1.807) is 42.5 Å². The topological polar surface area (TPSA) is 64.4 Å². The molecule has 4 rings (SSSR count). The third-order valence-electron chi connectivity index (χ3n) is 4.69. The minimum atomic E-state index is -0.290. The lowest BCUT2D eigenvalue weighted by atomic mass is 10.0. The van der Waals surface area contributed by atoms with E-state index >= 15 is 0 Å². The number of hydrogen-bond acceptors (Lipinski definition) is 4. The molecule has 1 amide bonds. The van der Waals surface area contributed by atoms with Crippen LogP contribution in [0, 0.1) is 0 Å². The summed E-state index contributed by atoms with van der Waals surface area (Å²) in [7, 11) is 0. The zero-order valence-corrected chi connectivity index (χ0v) is 17.4. The van der Waals surface area contributed by atoms with E-state index in [1.807, 2.05) is 12.1 Å². The maximum atomic E-state index is 12.2. The van der Waals surface area contributed by atoms with Gasteiger partial charge in [-0.25, -0.2) is 4.98 Å². The van der Waals surface area contributed by atoms with Gasteiger partial charge in [0.15, 0.2) is 12.2 Å². The highest BCUT2D eigenvalue weighted by atomic mass is 35.5. The van der Waals surface area contributed by atoms with Crippen molar-refractivity contribution in [2.24, 2.45) is 0 Å². The van der Waals surface area contributed by atoms with Gasteiger partial charge in [-0.05, 0) is 53.9 Å². The third kappa shape index (κ3) is 4.47. The Kier molecular flexibility index (Phi) is 5.72. The number of aromatic nitrogens is 1. The Morgan fingerprint density at radius 2 is 1.87 bits per heavy atom. The summed E-state index contributed by atoms with van der Waals surface area (Å²) in [5.41, 5.74) is 4.12. The molecular formula is C24H21ClN2O3. The van der Waals surface area contributed by atoms with Crippen LogP contribution in [-0.4, -0.2) is 17.5 Å². The van der Waals surface area contributed by atoms with Crippen LogP contribution in [-0.2, 0) is 4.79 Å². The first-order chi connectivity index (χ1) is 14.5. The van der Waals surface area contributed by atoms with Gasteiger partial charge in [0.1, 0.15) is 11.3 Å². The lowest BCUT2D eigenvalue weighted by molar-refractivity contribution is -0.118. The number of rotatable bonds is 6. The molecule has 0 radical (unpaired) electrons. The fourth-order valence-corrected chi connectivity index (χ4v) is 3.23. The fraction of sp³-hybridized carbons (Fsp3) is 0.167. The molecule has 0 spiro atoms. The van der Waals surface area contributed by atoms with Crippen LogP contribution in [0.25, 0.3) is 22.6 Å². The Labute approximate surface area is 179 Å². The molecule has 0 aliphatic carbocycles. The maximum absolute atomic E-state index is 12.2. The number of nitrogens with zero attached hydrogens (tertiary/aromatic N) is 1. The van der Waals surface area contributed by atoms with Crippen LogP contribution in [0.2, 0.25) is 5.02 Å². The molecule has 0 bridgehead atoms. The second-order valence-electron chi connectivity index (χ2n) is 7.25. The largest absolute Gasteiger partial charge is 0.482 e. The molecule has 1 N–H and O–H groups in total. The van der Waals surface area contributed by atoms with E-state index in [0.29, 0.717) is 39.4 Å². The van der Waals surface area contributed by atoms with Gasteiger partial charge in [-0.15, -0.1) is 0 Å². The number of amides is 1.